The second-order valence-corrected chi connectivity index (χ2v) is 23.5. The van der Waals surface area contributed by atoms with Crippen molar-refractivity contribution in [3.8, 4) is 91.8 Å². The molecule has 0 atom stereocenters. The number of hydrogen-bond acceptors (Lipinski definition) is 10. The lowest BCUT2D eigenvalue weighted by Crippen LogP contribution is -2.00. The van der Waals surface area contributed by atoms with Gasteiger partial charge in [-0.25, -0.2) is 29.9 Å². The molecule has 0 bridgehead atoms. The highest BCUT2D eigenvalue weighted by Gasteiger charge is 2.22. The van der Waals surface area contributed by atoms with Crippen molar-refractivity contribution in [3.63, 3.8) is 0 Å². The Morgan fingerprint density at radius 1 is 0.304 bits per heavy atom. The fraction of sp³-hybridized carbons (Fsp3) is 0. The summed E-state index contributed by atoms with van der Waals surface area (Å²) in [4.78, 5) is 29.2. The molecule has 18 aromatic rings. The number of benzene rings is 12. The zero-order valence-corrected chi connectivity index (χ0v) is 49.7. The Hall–Kier alpha value is -12.7. The minimum absolute atomic E-state index is 0.514. The predicted octanol–water partition coefficient (Wildman–Crippen LogP) is 20.0. The molecule has 0 spiro atoms. The van der Waals surface area contributed by atoms with Crippen molar-refractivity contribution in [1.29, 1.82) is 10.5 Å². The van der Waals surface area contributed by atoms with Gasteiger partial charge in [0.05, 0.1) is 50.0 Å². The summed E-state index contributed by atoms with van der Waals surface area (Å²) in [5, 5.41) is 28.3. The van der Waals surface area contributed by atoms with Crippen LogP contribution in [0.4, 0.5) is 0 Å². The number of fused-ring (bicyclic) bond motifs is 14. The fourth-order valence-corrected chi connectivity index (χ4v) is 13.9. The molecule has 0 fully saturated rings. The SMILES string of the molecule is N#Cc1ccc(-c2nc(-c3ccccc3)nc(-c3ccc(-n4c5ccccc5c5ccc6c7ccccc7sc6c54)cc3)n2)cc1.N#Cc1cccc(-c2nc(-c3ccccc3)nc(-c3ccc(-n4c5ccccc5c5ccc6c7ccccc7oc6c54)cc3)n2)c1. The summed E-state index contributed by atoms with van der Waals surface area (Å²) in [5.41, 5.74) is 14.6. The van der Waals surface area contributed by atoms with Gasteiger partial charge < -0.3 is 13.6 Å². The molecule has 0 saturated carbocycles. The van der Waals surface area contributed by atoms with E-state index in [2.05, 4.69) is 161 Å². The minimum Gasteiger partial charge on any atom is -0.454 e. The largest absolute Gasteiger partial charge is 0.454 e. The normalized spacial score (nSPS) is 11.5. The van der Waals surface area contributed by atoms with Gasteiger partial charge in [0.2, 0.25) is 0 Å². The van der Waals surface area contributed by atoms with E-state index in [1.165, 1.54) is 42.0 Å². The number of nitrogens with zero attached hydrogens (tertiary/aromatic N) is 10. The Balaban J connectivity index is 0.000000141. The van der Waals surface area contributed by atoms with Gasteiger partial charge in [-0.2, -0.15) is 10.5 Å². The van der Waals surface area contributed by atoms with E-state index in [0.29, 0.717) is 46.1 Å². The van der Waals surface area contributed by atoms with Crippen LogP contribution >= 0.6 is 11.3 Å². The number of furan rings is 1. The number of thiophene rings is 1. The van der Waals surface area contributed by atoms with Crippen molar-refractivity contribution in [2.24, 2.45) is 0 Å². The van der Waals surface area contributed by atoms with E-state index < -0.39 is 0 Å². The van der Waals surface area contributed by atoms with Crippen LogP contribution in [-0.2, 0) is 0 Å². The molecule has 12 heteroatoms. The highest BCUT2D eigenvalue weighted by molar-refractivity contribution is 7.26. The average molecular weight is 1200 g/mol. The standard InChI is InChI=1S/C40H23N5O.C40H23N5S/c41-24-25-9-8-12-28(23-25)40-43-38(26-10-2-1-3-11-26)42-39(44-40)27-17-19-29(20-18-27)45-34-15-6-4-13-30(34)32-21-22-33-31-14-5-7-16-35(31)46-37(33)36(32)45;41-24-25-14-16-27(17-15-25)39-42-38(26-8-2-1-3-9-26)43-40(44-39)28-18-20-29(21-19-28)45-34-12-6-4-10-30(34)32-22-23-33-31-11-5-7-13-35(31)46-37(33)36(32)45/h2*1-23H. The van der Waals surface area contributed by atoms with E-state index in [1.807, 2.05) is 127 Å². The predicted molar refractivity (Wildman–Crippen MR) is 371 cm³/mol. The number of aromatic nitrogens is 8. The Morgan fingerprint density at radius 2 is 0.717 bits per heavy atom. The smallest absolute Gasteiger partial charge is 0.164 e. The molecule has 0 aliphatic rings. The van der Waals surface area contributed by atoms with Crippen LogP contribution in [0.2, 0.25) is 0 Å². The average Bonchev–Trinajstić information content (AvgIpc) is 1.59. The van der Waals surface area contributed by atoms with Gasteiger partial charge >= 0.3 is 0 Å². The quantitative estimate of drug-likeness (QED) is 0.145. The maximum atomic E-state index is 9.49. The molecule has 428 valence electrons. The minimum atomic E-state index is 0.514. The van der Waals surface area contributed by atoms with Gasteiger partial charge in [0, 0.05) is 92.5 Å². The monoisotopic (exact) mass is 1190 g/mol. The summed E-state index contributed by atoms with van der Waals surface area (Å²) in [6, 6.07) is 98.5. The lowest BCUT2D eigenvalue weighted by Gasteiger charge is -2.11. The van der Waals surface area contributed by atoms with Crippen LogP contribution in [-0.4, -0.2) is 39.0 Å². The van der Waals surface area contributed by atoms with Gasteiger partial charge in [-0.1, -0.05) is 164 Å². The van der Waals surface area contributed by atoms with Crippen LogP contribution in [0.5, 0.6) is 0 Å². The molecule has 18 rings (SSSR count). The lowest BCUT2D eigenvalue weighted by molar-refractivity contribution is 0.671. The molecular formula is C80H46N10OS. The molecule has 6 aromatic heterocycles. The molecule has 92 heavy (non-hydrogen) atoms. The third-order valence-electron chi connectivity index (χ3n) is 17.0. The second kappa shape index (κ2) is 22.1. The number of hydrogen-bond donors (Lipinski definition) is 0. The van der Waals surface area contributed by atoms with Crippen LogP contribution in [0, 0.1) is 22.7 Å². The first-order chi connectivity index (χ1) is 45.5. The summed E-state index contributed by atoms with van der Waals surface area (Å²) in [6.45, 7) is 0. The summed E-state index contributed by atoms with van der Waals surface area (Å²) < 4.78 is 13.8. The first-order valence-electron chi connectivity index (χ1n) is 30.0. The third-order valence-corrected chi connectivity index (χ3v) is 18.2. The van der Waals surface area contributed by atoms with Crippen molar-refractivity contribution < 1.29 is 4.42 Å². The fourth-order valence-electron chi connectivity index (χ4n) is 12.6. The number of rotatable bonds is 8. The lowest BCUT2D eigenvalue weighted by atomic mass is 10.1. The maximum absolute atomic E-state index is 9.49. The van der Waals surface area contributed by atoms with Crippen molar-refractivity contribution >= 4 is 97.1 Å². The molecule has 0 aliphatic carbocycles. The summed E-state index contributed by atoms with van der Waals surface area (Å²) in [5.74, 6) is 3.39. The van der Waals surface area contributed by atoms with Crippen molar-refractivity contribution in [1.82, 2.24) is 39.0 Å². The summed E-state index contributed by atoms with van der Waals surface area (Å²) in [6.07, 6.45) is 0. The topological polar surface area (TPSA) is 148 Å². The zero-order chi connectivity index (χ0) is 61.2. The van der Waals surface area contributed by atoms with Gasteiger partial charge in [0.25, 0.3) is 0 Å². The van der Waals surface area contributed by atoms with Crippen LogP contribution < -0.4 is 0 Å². The summed E-state index contributed by atoms with van der Waals surface area (Å²) in [7, 11) is 0. The van der Waals surface area contributed by atoms with Crippen LogP contribution in [0.1, 0.15) is 11.1 Å². The van der Waals surface area contributed by atoms with E-state index >= 15 is 0 Å². The molecule has 0 radical (unpaired) electrons. The van der Waals surface area contributed by atoms with Crippen LogP contribution in [0.25, 0.3) is 165 Å². The van der Waals surface area contributed by atoms with Gasteiger partial charge in [-0.3, -0.25) is 0 Å². The van der Waals surface area contributed by atoms with Crippen molar-refractivity contribution in [2.75, 3.05) is 0 Å². The van der Waals surface area contributed by atoms with Crippen LogP contribution in [0.3, 0.4) is 0 Å². The number of nitriles is 2. The highest BCUT2D eigenvalue weighted by atomic mass is 32.1. The molecular weight excluding hydrogens is 1150 g/mol. The van der Waals surface area contributed by atoms with E-state index in [1.54, 1.807) is 24.3 Å². The van der Waals surface area contributed by atoms with E-state index in [4.69, 9.17) is 34.3 Å². The van der Waals surface area contributed by atoms with Crippen LogP contribution in [0.15, 0.2) is 283 Å². The van der Waals surface area contributed by atoms with Gasteiger partial charge in [0.1, 0.15) is 5.58 Å². The van der Waals surface area contributed by atoms with E-state index in [-0.39, 0.29) is 0 Å². The highest BCUT2D eigenvalue weighted by Crippen LogP contribution is 2.44. The van der Waals surface area contributed by atoms with Crippen molar-refractivity contribution in [3.05, 3.63) is 290 Å². The molecule has 0 unspecified atom stereocenters. The molecule has 6 heterocycles. The van der Waals surface area contributed by atoms with E-state index in [9.17, 15) is 10.5 Å². The molecule has 0 saturated heterocycles. The second-order valence-electron chi connectivity index (χ2n) is 22.4. The molecule has 0 aliphatic heterocycles. The van der Waals surface area contributed by atoms with Crippen molar-refractivity contribution in [2.45, 2.75) is 0 Å². The summed E-state index contributed by atoms with van der Waals surface area (Å²) >= 11 is 1.85. The third kappa shape index (κ3) is 9.18. The van der Waals surface area contributed by atoms with Gasteiger partial charge in [-0.05, 0) is 115 Å². The molecule has 11 nitrogen and oxygen atoms in total. The first kappa shape index (κ1) is 53.5. The Kier molecular flexibility index (Phi) is 12.9. The Labute approximate surface area is 530 Å². The zero-order valence-electron chi connectivity index (χ0n) is 48.8. The molecule has 0 N–H and O–H groups in total. The van der Waals surface area contributed by atoms with E-state index in [0.717, 1.165) is 88.5 Å². The maximum Gasteiger partial charge on any atom is 0.164 e. The van der Waals surface area contributed by atoms with Gasteiger partial charge in [0.15, 0.2) is 40.5 Å². The molecule has 0 amide bonds. The Morgan fingerprint density at radius 3 is 1.27 bits per heavy atom. The molecule has 12 aromatic carbocycles. The number of para-hydroxylation sites is 3. The first-order valence-corrected chi connectivity index (χ1v) is 30.8. The van der Waals surface area contributed by atoms with Gasteiger partial charge in [-0.15, -0.1) is 11.3 Å². The Bertz CT molecular complexity index is 6020.